The summed E-state index contributed by atoms with van der Waals surface area (Å²) in [6.07, 6.45) is 0.147. The van der Waals surface area contributed by atoms with Gasteiger partial charge < -0.3 is 9.47 Å². The van der Waals surface area contributed by atoms with Crippen molar-refractivity contribution in [1.82, 2.24) is 0 Å². The molecule has 0 N–H and O–H groups in total. The van der Waals surface area contributed by atoms with E-state index in [0.29, 0.717) is 11.1 Å². The summed E-state index contributed by atoms with van der Waals surface area (Å²) in [5.74, 6) is -3.06. The van der Waals surface area contributed by atoms with Gasteiger partial charge in [0.1, 0.15) is 0 Å². The van der Waals surface area contributed by atoms with Gasteiger partial charge in [0.25, 0.3) is 5.69 Å². The maximum atomic E-state index is 13.7. The zero-order valence-corrected chi connectivity index (χ0v) is 18.7. The smallest absolute Gasteiger partial charge is 0.324 e. The number of carbonyl (C=O) groups excluding carboxylic acids is 3. The average molecular weight is 490 g/mol. The van der Waals surface area contributed by atoms with Crippen LogP contribution in [0.5, 0.6) is 0 Å². The summed E-state index contributed by atoms with van der Waals surface area (Å²) < 4.78 is 10.7. The van der Waals surface area contributed by atoms with Gasteiger partial charge in [-0.3, -0.25) is 24.5 Å². The second-order valence-corrected chi connectivity index (χ2v) is 8.15. The molecule has 0 bridgehead atoms. The van der Waals surface area contributed by atoms with Crippen molar-refractivity contribution >= 4 is 39.3 Å². The van der Waals surface area contributed by atoms with E-state index in [1.54, 1.807) is 31.2 Å². The molecule has 3 rings (SSSR count). The van der Waals surface area contributed by atoms with Gasteiger partial charge in [-0.1, -0.05) is 47.1 Å². The first kappa shape index (κ1) is 22.6. The lowest BCUT2D eigenvalue weighted by atomic mass is 9.83. The molecule has 0 saturated heterocycles. The Labute approximate surface area is 186 Å². The number of Topliss-reactive ketones (excluding diaryl/α,β-unsaturated/α-hetero) is 1. The van der Waals surface area contributed by atoms with Gasteiger partial charge in [0.15, 0.2) is 11.2 Å². The van der Waals surface area contributed by atoms with Crippen molar-refractivity contribution in [3.05, 3.63) is 74.2 Å². The van der Waals surface area contributed by atoms with Crippen LogP contribution in [0.2, 0.25) is 0 Å². The van der Waals surface area contributed by atoms with Crippen LogP contribution in [-0.2, 0) is 19.1 Å². The highest BCUT2D eigenvalue weighted by Gasteiger charge is 2.88. The summed E-state index contributed by atoms with van der Waals surface area (Å²) in [4.78, 5) is 50.3. The number of esters is 2. The number of carbonyl (C=O) groups is 3. The summed E-state index contributed by atoms with van der Waals surface area (Å²) in [7, 11) is 2.28. The van der Waals surface area contributed by atoms with E-state index in [2.05, 4.69) is 15.9 Å². The molecule has 2 aromatic rings. The van der Waals surface area contributed by atoms with Crippen molar-refractivity contribution in [2.75, 3.05) is 14.2 Å². The molecule has 2 aromatic carbocycles. The van der Waals surface area contributed by atoms with E-state index in [1.807, 2.05) is 0 Å². The molecule has 0 heterocycles. The molecule has 1 aliphatic rings. The van der Waals surface area contributed by atoms with Gasteiger partial charge in [0.05, 0.1) is 24.6 Å². The second-order valence-electron chi connectivity index (χ2n) is 7.23. The van der Waals surface area contributed by atoms with Crippen LogP contribution >= 0.6 is 15.9 Å². The third kappa shape index (κ3) is 3.15. The predicted octanol–water partition coefficient (Wildman–Crippen LogP) is 4.07. The number of methoxy groups -OCH3 is 2. The first-order valence-corrected chi connectivity index (χ1v) is 10.2. The molecular weight excluding hydrogens is 470 g/mol. The molecule has 2 atom stereocenters. The Morgan fingerprint density at radius 3 is 1.94 bits per heavy atom. The Kier molecular flexibility index (Phi) is 6.00. The minimum Gasteiger partial charge on any atom is -0.468 e. The third-order valence-corrected chi connectivity index (χ3v) is 6.60. The summed E-state index contributed by atoms with van der Waals surface area (Å²) in [5, 5.41) is 11.0. The van der Waals surface area contributed by atoms with Crippen molar-refractivity contribution in [3.63, 3.8) is 0 Å². The van der Waals surface area contributed by atoms with E-state index in [9.17, 15) is 24.5 Å². The second kappa shape index (κ2) is 8.22. The topological polar surface area (TPSA) is 113 Å². The number of nitro benzene ring substituents is 1. The van der Waals surface area contributed by atoms with Gasteiger partial charge in [-0.05, 0) is 24.1 Å². The van der Waals surface area contributed by atoms with Crippen LogP contribution in [-0.4, -0.2) is 36.9 Å². The van der Waals surface area contributed by atoms with Gasteiger partial charge in [0, 0.05) is 28.1 Å². The van der Waals surface area contributed by atoms with Crippen LogP contribution in [0.1, 0.15) is 35.2 Å². The fourth-order valence-corrected chi connectivity index (χ4v) is 4.94. The highest BCUT2D eigenvalue weighted by Crippen LogP contribution is 2.77. The summed E-state index contributed by atoms with van der Waals surface area (Å²) in [6.45, 7) is 1.71. The molecule has 0 aromatic heterocycles. The molecular formula is C22H20BrNO7. The van der Waals surface area contributed by atoms with Crippen LogP contribution in [0.15, 0.2) is 53.0 Å². The van der Waals surface area contributed by atoms with Crippen molar-refractivity contribution in [2.45, 2.75) is 19.3 Å². The number of nitrogens with zero attached hydrogens (tertiary/aromatic N) is 1. The molecule has 0 spiro atoms. The lowest BCUT2D eigenvalue weighted by molar-refractivity contribution is -0.384. The maximum absolute atomic E-state index is 13.7. The molecule has 9 heteroatoms. The van der Waals surface area contributed by atoms with Crippen LogP contribution in [0.3, 0.4) is 0 Å². The first-order chi connectivity index (χ1) is 14.7. The zero-order valence-electron chi connectivity index (χ0n) is 17.1. The molecule has 0 amide bonds. The summed E-state index contributed by atoms with van der Waals surface area (Å²) in [5.41, 5.74) is -2.74. The van der Waals surface area contributed by atoms with Crippen LogP contribution < -0.4 is 0 Å². The quantitative estimate of drug-likeness (QED) is 0.189. The predicted molar refractivity (Wildman–Crippen MR) is 113 cm³/mol. The van der Waals surface area contributed by atoms with E-state index in [-0.39, 0.29) is 12.1 Å². The first-order valence-electron chi connectivity index (χ1n) is 9.43. The Bertz CT molecular complexity index is 1030. The van der Waals surface area contributed by atoms with Crippen LogP contribution in [0.4, 0.5) is 5.69 Å². The number of hydrogen-bond acceptors (Lipinski definition) is 7. The van der Waals surface area contributed by atoms with Gasteiger partial charge in [-0.25, -0.2) is 0 Å². The SMILES string of the molecule is CC[C@]1(C(=O)c2ccc(Br)cc2)[C@@H](c2ccc([N+](=O)[O-])cc2)C1(C(=O)OC)C(=O)OC. The van der Waals surface area contributed by atoms with Gasteiger partial charge in [-0.2, -0.15) is 0 Å². The third-order valence-electron chi connectivity index (χ3n) is 6.07. The molecule has 0 aliphatic heterocycles. The van der Waals surface area contributed by atoms with Crippen LogP contribution in [0, 0.1) is 20.9 Å². The normalized spacial score (nSPS) is 21.1. The molecule has 1 aliphatic carbocycles. The number of rotatable bonds is 7. The standard InChI is InChI=1S/C22H20BrNO7/c1-4-21(18(25)14-5-9-15(23)10-6-14)17(13-7-11-16(12-8-13)24(28)29)22(21,19(26)30-2)20(27)31-3/h5-12,17H,4H2,1-3H3/t17-,21-/m1/s1. The van der Waals surface area contributed by atoms with E-state index in [1.165, 1.54) is 24.3 Å². The van der Waals surface area contributed by atoms with E-state index >= 15 is 0 Å². The van der Waals surface area contributed by atoms with Crippen LogP contribution in [0.25, 0.3) is 0 Å². The van der Waals surface area contributed by atoms with Crippen molar-refractivity contribution < 1.29 is 28.8 Å². The molecule has 0 unspecified atom stereocenters. The number of nitro groups is 1. The van der Waals surface area contributed by atoms with Gasteiger partial charge in [-0.15, -0.1) is 0 Å². The molecule has 1 fully saturated rings. The summed E-state index contributed by atoms with van der Waals surface area (Å²) >= 11 is 3.32. The van der Waals surface area contributed by atoms with E-state index < -0.39 is 39.4 Å². The Morgan fingerprint density at radius 1 is 1.00 bits per heavy atom. The van der Waals surface area contributed by atoms with E-state index in [4.69, 9.17) is 9.47 Å². The fourth-order valence-electron chi connectivity index (χ4n) is 4.68. The van der Waals surface area contributed by atoms with Crippen molar-refractivity contribution in [1.29, 1.82) is 0 Å². The molecule has 0 radical (unpaired) electrons. The fraction of sp³-hybridized carbons (Fsp3) is 0.318. The van der Waals surface area contributed by atoms with E-state index in [0.717, 1.165) is 18.7 Å². The number of ketones is 1. The molecule has 31 heavy (non-hydrogen) atoms. The Morgan fingerprint density at radius 2 is 1.52 bits per heavy atom. The number of hydrogen-bond donors (Lipinski definition) is 0. The molecule has 1 saturated carbocycles. The zero-order chi connectivity index (χ0) is 23.0. The number of non-ortho nitro benzene ring substituents is 1. The number of ether oxygens (including phenoxy) is 2. The Balaban J connectivity index is 2.24. The molecule has 162 valence electrons. The van der Waals surface area contributed by atoms with Gasteiger partial charge in [0.2, 0.25) is 0 Å². The lowest BCUT2D eigenvalue weighted by Gasteiger charge is -2.20. The Hall–Kier alpha value is -3.07. The average Bonchev–Trinajstić information content (AvgIpc) is 3.43. The highest BCUT2D eigenvalue weighted by atomic mass is 79.9. The van der Waals surface area contributed by atoms with Gasteiger partial charge >= 0.3 is 11.9 Å². The minimum absolute atomic E-state index is 0.146. The largest absolute Gasteiger partial charge is 0.468 e. The lowest BCUT2D eigenvalue weighted by Crippen LogP contribution is -2.37. The summed E-state index contributed by atoms with van der Waals surface area (Å²) in [6, 6.07) is 12.1. The maximum Gasteiger partial charge on any atom is 0.324 e. The van der Waals surface area contributed by atoms with Crippen molar-refractivity contribution in [2.24, 2.45) is 10.8 Å². The minimum atomic E-state index is -1.90. The monoisotopic (exact) mass is 489 g/mol. The molecule has 8 nitrogen and oxygen atoms in total. The number of halogens is 1. The highest BCUT2D eigenvalue weighted by molar-refractivity contribution is 9.10. The number of benzene rings is 2. The van der Waals surface area contributed by atoms with Crippen molar-refractivity contribution in [3.8, 4) is 0 Å².